The molecule has 1 atom stereocenters. The van der Waals surface area contributed by atoms with Crippen molar-refractivity contribution in [3.63, 3.8) is 0 Å². The zero-order valence-electron chi connectivity index (χ0n) is 10.8. The van der Waals surface area contributed by atoms with Crippen LogP contribution in [0.15, 0.2) is 12.3 Å². The second-order valence-corrected chi connectivity index (χ2v) is 5.24. The predicted molar refractivity (Wildman–Crippen MR) is 72.4 cm³/mol. The van der Waals surface area contributed by atoms with Crippen LogP contribution in [0.25, 0.3) is 0 Å². The van der Waals surface area contributed by atoms with Crippen LogP contribution in [0.3, 0.4) is 0 Å². The van der Waals surface area contributed by atoms with Gasteiger partial charge in [-0.2, -0.15) is 0 Å². The van der Waals surface area contributed by atoms with Crippen LogP contribution in [0.1, 0.15) is 30.7 Å². The Morgan fingerprint density at radius 2 is 2.11 bits per heavy atom. The standard InChI is InChI=1S/C14H19N3O/c1-16-9-11(10-18)13-12(5-6-15-14(13)16)17-7-3-2-4-8-17/h5-6,10-11H,2-4,7-9H2,1H3. The van der Waals surface area contributed by atoms with E-state index in [1.165, 1.54) is 24.9 Å². The number of likely N-dealkylation sites (N-methyl/N-ethyl adjacent to an activating group) is 1. The molecule has 18 heavy (non-hydrogen) atoms. The Labute approximate surface area is 108 Å². The fraction of sp³-hybridized carbons (Fsp3) is 0.571. The number of aromatic nitrogens is 1. The Morgan fingerprint density at radius 1 is 1.33 bits per heavy atom. The highest BCUT2D eigenvalue weighted by molar-refractivity contribution is 5.79. The van der Waals surface area contributed by atoms with Gasteiger partial charge in [0.25, 0.3) is 0 Å². The quantitative estimate of drug-likeness (QED) is 0.745. The zero-order valence-corrected chi connectivity index (χ0v) is 10.8. The van der Waals surface area contributed by atoms with Crippen molar-refractivity contribution in [2.24, 2.45) is 0 Å². The molecule has 0 aliphatic carbocycles. The fourth-order valence-electron chi connectivity index (χ4n) is 3.11. The maximum absolute atomic E-state index is 11.3. The van der Waals surface area contributed by atoms with Crippen molar-refractivity contribution in [1.29, 1.82) is 0 Å². The minimum absolute atomic E-state index is 0.0179. The van der Waals surface area contributed by atoms with E-state index in [2.05, 4.69) is 20.9 Å². The Hall–Kier alpha value is -1.58. The number of nitrogens with zero attached hydrogens (tertiary/aromatic N) is 3. The van der Waals surface area contributed by atoms with E-state index in [0.717, 1.165) is 37.3 Å². The van der Waals surface area contributed by atoms with Gasteiger partial charge in [-0.25, -0.2) is 4.98 Å². The molecule has 1 fully saturated rings. The highest BCUT2D eigenvalue weighted by atomic mass is 16.1. The molecule has 3 rings (SSSR count). The summed E-state index contributed by atoms with van der Waals surface area (Å²) in [5.41, 5.74) is 2.36. The maximum atomic E-state index is 11.3. The number of carbonyl (C=O) groups excluding carboxylic acids is 1. The van der Waals surface area contributed by atoms with E-state index in [1.54, 1.807) is 0 Å². The van der Waals surface area contributed by atoms with Gasteiger partial charge in [0.2, 0.25) is 0 Å². The molecule has 1 unspecified atom stereocenters. The molecule has 0 radical (unpaired) electrons. The van der Waals surface area contributed by atoms with Gasteiger partial charge in [-0.3, -0.25) is 0 Å². The number of anilines is 2. The molecular formula is C14H19N3O. The molecule has 0 spiro atoms. The molecule has 3 heterocycles. The first-order valence-corrected chi connectivity index (χ1v) is 6.71. The SMILES string of the molecule is CN1CC(C=O)c2c(N3CCCCC3)ccnc21. The van der Waals surface area contributed by atoms with E-state index in [4.69, 9.17) is 0 Å². The minimum atomic E-state index is -0.0179. The van der Waals surface area contributed by atoms with Crippen LogP contribution in [0.2, 0.25) is 0 Å². The van der Waals surface area contributed by atoms with Crippen molar-refractivity contribution in [2.75, 3.05) is 36.5 Å². The summed E-state index contributed by atoms with van der Waals surface area (Å²) < 4.78 is 0. The number of fused-ring (bicyclic) bond motifs is 1. The smallest absolute Gasteiger partial charge is 0.134 e. The molecule has 2 aliphatic heterocycles. The van der Waals surface area contributed by atoms with Crippen molar-refractivity contribution in [3.8, 4) is 0 Å². The van der Waals surface area contributed by atoms with Crippen LogP contribution in [0.4, 0.5) is 11.5 Å². The van der Waals surface area contributed by atoms with Gasteiger partial charge in [-0.05, 0) is 25.3 Å². The molecule has 1 aromatic rings. The summed E-state index contributed by atoms with van der Waals surface area (Å²) in [4.78, 5) is 20.2. The molecule has 96 valence electrons. The predicted octanol–water partition coefficient (Wildman–Crippen LogP) is 1.80. The van der Waals surface area contributed by atoms with Crippen molar-refractivity contribution in [3.05, 3.63) is 17.8 Å². The zero-order chi connectivity index (χ0) is 12.5. The molecule has 0 bridgehead atoms. The second kappa shape index (κ2) is 4.59. The third-order valence-electron chi connectivity index (χ3n) is 4.01. The molecule has 0 saturated carbocycles. The van der Waals surface area contributed by atoms with Gasteiger partial charge in [0.05, 0.1) is 5.92 Å². The third-order valence-corrected chi connectivity index (χ3v) is 4.01. The molecule has 1 saturated heterocycles. The summed E-state index contributed by atoms with van der Waals surface area (Å²) in [7, 11) is 2.01. The average molecular weight is 245 g/mol. The van der Waals surface area contributed by atoms with Gasteiger partial charge >= 0.3 is 0 Å². The van der Waals surface area contributed by atoms with Crippen LogP contribution in [0.5, 0.6) is 0 Å². The second-order valence-electron chi connectivity index (χ2n) is 5.24. The summed E-state index contributed by atoms with van der Waals surface area (Å²) >= 11 is 0. The lowest BCUT2D eigenvalue weighted by Gasteiger charge is -2.30. The number of aldehydes is 1. The topological polar surface area (TPSA) is 36.4 Å². The Balaban J connectivity index is 2.02. The number of piperidine rings is 1. The number of carbonyl (C=O) groups is 1. The molecular weight excluding hydrogens is 226 g/mol. The summed E-state index contributed by atoms with van der Waals surface area (Å²) in [5.74, 6) is 0.964. The van der Waals surface area contributed by atoms with E-state index in [1.807, 2.05) is 13.2 Å². The minimum Gasteiger partial charge on any atom is -0.371 e. The van der Waals surface area contributed by atoms with Crippen LogP contribution in [-0.4, -0.2) is 38.0 Å². The molecule has 1 aromatic heterocycles. The van der Waals surface area contributed by atoms with Crippen LogP contribution in [-0.2, 0) is 4.79 Å². The van der Waals surface area contributed by atoms with E-state index in [9.17, 15) is 4.79 Å². The highest BCUT2D eigenvalue weighted by Crippen LogP contribution is 2.39. The number of hydrogen-bond acceptors (Lipinski definition) is 4. The lowest BCUT2D eigenvalue weighted by molar-refractivity contribution is -0.108. The lowest BCUT2D eigenvalue weighted by atomic mass is 10.0. The first-order valence-electron chi connectivity index (χ1n) is 6.71. The van der Waals surface area contributed by atoms with Crippen LogP contribution in [0, 0.1) is 0 Å². The molecule has 0 N–H and O–H groups in total. The summed E-state index contributed by atoms with van der Waals surface area (Å²) in [6.45, 7) is 2.97. The van der Waals surface area contributed by atoms with Crippen LogP contribution < -0.4 is 9.80 Å². The van der Waals surface area contributed by atoms with E-state index < -0.39 is 0 Å². The summed E-state index contributed by atoms with van der Waals surface area (Å²) in [5, 5.41) is 0. The normalized spacial score (nSPS) is 23.1. The molecule has 0 amide bonds. The summed E-state index contributed by atoms with van der Waals surface area (Å²) in [6.07, 6.45) is 6.75. The number of hydrogen-bond donors (Lipinski definition) is 0. The van der Waals surface area contributed by atoms with Crippen molar-refractivity contribution >= 4 is 17.8 Å². The summed E-state index contributed by atoms with van der Waals surface area (Å²) in [6, 6.07) is 2.07. The highest BCUT2D eigenvalue weighted by Gasteiger charge is 2.31. The Morgan fingerprint density at radius 3 is 2.83 bits per heavy atom. The van der Waals surface area contributed by atoms with Gasteiger partial charge in [0.15, 0.2) is 0 Å². The van der Waals surface area contributed by atoms with Gasteiger partial charge in [-0.1, -0.05) is 0 Å². The van der Waals surface area contributed by atoms with Crippen molar-refractivity contribution in [1.82, 2.24) is 4.98 Å². The lowest BCUT2D eigenvalue weighted by Crippen LogP contribution is -2.30. The van der Waals surface area contributed by atoms with Gasteiger partial charge in [-0.15, -0.1) is 0 Å². The fourth-order valence-corrected chi connectivity index (χ4v) is 3.11. The van der Waals surface area contributed by atoms with Gasteiger partial charge in [0.1, 0.15) is 12.1 Å². The Bertz CT molecular complexity index is 454. The molecule has 4 nitrogen and oxygen atoms in total. The molecule has 4 heteroatoms. The maximum Gasteiger partial charge on any atom is 0.134 e. The van der Waals surface area contributed by atoms with Gasteiger partial charge in [0, 0.05) is 44.1 Å². The first kappa shape index (κ1) is 11.5. The molecule has 2 aliphatic rings. The van der Waals surface area contributed by atoms with Crippen molar-refractivity contribution in [2.45, 2.75) is 25.2 Å². The average Bonchev–Trinajstić information content (AvgIpc) is 2.77. The van der Waals surface area contributed by atoms with E-state index >= 15 is 0 Å². The number of rotatable bonds is 2. The monoisotopic (exact) mass is 245 g/mol. The largest absolute Gasteiger partial charge is 0.371 e. The van der Waals surface area contributed by atoms with Crippen molar-refractivity contribution < 1.29 is 4.79 Å². The van der Waals surface area contributed by atoms with Crippen LogP contribution >= 0.6 is 0 Å². The third kappa shape index (κ3) is 1.76. The van der Waals surface area contributed by atoms with E-state index in [0.29, 0.717) is 0 Å². The first-order chi connectivity index (χ1) is 8.81. The van der Waals surface area contributed by atoms with E-state index in [-0.39, 0.29) is 5.92 Å². The number of pyridine rings is 1. The molecule has 0 aromatic carbocycles. The Kier molecular flexibility index (Phi) is 2.94. The van der Waals surface area contributed by atoms with Gasteiger partial charge < -0.3 is 14.6 Å².